The van der Waals surface area contributed by atoms with E-state index in [-0.39, 0.29) is 12.1 Å². The molecule has 1 aliphatic heterocycles. The molecule has 1 saturated heterocycles. The van der Waals surface area contributed by atoms with Gasteiger partial charge in [-0.2, -0.15) is 0 Å². The van der Waals surface area contributed by atoms with Crippen molar-refractivity contribution in [1.82, 2.24) is 15.2 Å². The van der Waals surface area contributed by atoms with Gasteiger partial charge in [0.15, 0.2) is 0 Å². The standard InChI is InChI=1S/C21H25N3O2S/c1-2-24-18-9-4-3-8-16(18)17(20(24)19-10-6-12-27-19)14-23-21(25)22-13-15-7-5-11-26-15/h3-4,6,8-10,12,15H,2,5,7,11,13-14H2,1H3,(H2,22,23,25)/t15-/m1/s1. The van der Waals surface area contributed by atoms with E-state index in [0.717, 1.165) is 26.0 Å². The molecule has 2 amide bonds. The molecule has 0 saturated carbocycles. The van der Waals surface area contributed by atoms with Crippen LogP contribution in [0.5, 0.6) is 0 Å². The van der Waals surface area contributed by atoms with E-state index < -0.39 is 0 Å². The number of ether oxygens (including phenoxy) is 1. The Kier molecular flexibility index (Phi) is 5.45. The van der Waals surface area contributed by atoms with Gasteiger partial charge >= 0.3 is 6.03 Å². The number of para-hydroxylation sites is 1. The van der Waals surface area contributed by atoms with Gasteiger partial charge in [0.2, 0.25) is 0 Å². The molecule has 0 unspecified atom stereocenters. The van der Waals surface area contributed by atoms with Gasteiger partial charge in [-0.3, -0.25) is 0 Å². The summed E-state index contributed by atoms with van der Waals surface area (Å²) < 4.78 is 7.90. The summed E-state index contributed by atoms with van der Waals surface area (Å²) in [5.41, 5.74) is 3.58. The zero-order valence-electron chi connectivity index (χ0n) is 15.5. The summed E-state index contributed by atoms with van der Waals surface area (Å²) in [5.74, 6) is 0. The number of aryl methyl sites for hydroxylation is 1. The number of aromatic nitrogens is 1. The molecule has 3 heterocycles. The van der Waals surface area contributed by atoms with Crippen LogP contribution < -0.4 is 10.6 Å². The Hall–Kier alpha value is -2.31. The second-order valence-corrected chi connectivity index (χ2v) is 7.71. The van der Waals surface area contributed by atoms with Crippen LogP contribution in [-0.4, -0.2) is 29.9 Å². The molecule has 0 aliphatic carbocycles. The molecule has 1 fully saturated rings. The molecule has 0 radical (unpaired) electrons. The van der Waals surface area contributed by atoms with E-state index in [0.29, 0.717) is 13.1 Å². The van der Waals surface area contributed by atoms with Crippen molar-refractivity contribution in [2.75, 3.05) is 13.2 Å². The highest BCUT2D eigenvalue weighted by Crippen LogP contribution is 2.36. The second kappa shape index (κ2) is 8.15. The maximum atomic E-state index is 12.3. The third-order valence-electron chi connectivity index (χ3n) is 5.09. The summed E-state index contributed by atoms with van der Waals surface area (Å²) in [4.78, 5) is 13.5. The lowest BCUT2D eigenvalue weighted by atomic mass is 10.1. The number of hydrogen-bond donors (Lipinski definition) is 2. The highest BCUT2D eigenvalue weighted by atomic mass is 32.1. The smallest absolute Gasteiger partial charge is 0.315 e. The van der Waals surface area contributed by atoms with Crippen molar-refractivity contribution < 1.29 is 9.53 Å². The molecular weight excluding hydrogens is 358 g/mol. The Labute approximate surface area is 163 Å². The predicted molar refractivity (Wildman–Crippen MR) is 110 cm³/mol. The van der Waals surface area contributed by atoms with E-state index in [4.69, 9.17) is 4.74 Å². The number of carbonyl (C=O) groups excluding carboxylic acids is 1. The lowest BCUT2D eigenvalue weighted by Crippen LogP contribution is -2.39. The van der Waals surface area contributed by atoms with Crippen LogP contribution in [0.3, 0.4) is 0 Å². The molecule has 6 heteroatoms. The zero-order chi connectivity index (χ0) is 18.6. The third-order valence-corrected chi connectivity index (χ3v) is 5.96. The first kappa shape index (κ1) is 18.1. The normalized spacial score (nSPS) is 16.7. The molecule has 1 atom stereocenters. The Bertz CT molecular complexity index is 911. The number of rotatable bonds is 6. The molecule has 0 bridgehead atoms. The van der Waals surface area contributed by atoms with Crippen LogP contribution in [0, 0.1) is 0 Å². The molecule has 5 nitrogen and oxygen atoms in total. The number of nitrogens with one attached hydrogen (secondary N) is 2. The molecule has 0 spiro atoms. The van der Waals surface area contributed by atoms with Crippen molar-refractivity contribution in [3.8, 4) is 10.6 Å². The van der Waals surface area contributed by atoms with Crippen molar-refractivity contribution in [3.05, 3.63) is 47.3 Å². The van der Waals surface area contributed by atoms with E-state index in [2.05, 4.69) is 63.9 Å². The molecular formula is C21H25N3O2S. The van der Waals surface area contributed by atoms with Gasteiger partial charge in [-0.05, 0) is 37.3 Å². The monoisotopic (exact) mass is 383 g/mol. The first-order valence-corrected chi connectivity index (χ1v) is 10.4. The van der Waals surface area contributed by atoms with Crippen LogP contribution >= 0.6 is 11.3 Å². The Morgan fingerprint density at radius 1 is 1.26 bits per heavy atom. The highest BCUT2D eigenvalue weighted by Gasteiger charge is 2.20. The summed E-state index contributed by atoms with van der Waals surface area (Å²) in [7, 11) is 0. The van der Waals surface area contributed by atoms with Crippen LogP contribution in [-0.2, 0) is 17.8 Å². The molecule has 2 aromatic heterocycles. The summed E-state index contributed by atoms with van der Waals surface area (Å²) in [5, 5.41) is 9.27. The number of carbonyl (C=O) groups is 1. The minimum Gasteiger partial charge on any atom is -0.376 e. The molecule has 4 rings (SSSR count). The van der Waals surface area contributed by atoms with E-state index in [1.165, 1.54) is 27.0 Å². The van der Waals surface area contributed by atoms with Crippen molar-refractivity contribution >= 4 is 28.3 Å². The number of hydrogen-bond acceptors (Lipinski definition) is 3. The maximum Gasteiger partial charge on any atom is 0.315 e. The quantitative estimate of drug-likeness (QED) is 0.664. The van der Waals surface area contributed by atoms with Gasteiger partial charge in [-0.1, -0.05) is 24.3 Å². The highest BCUT2D eigenvalue weighted by molar-refractivity contribution is 7.13. The van der Waals surface area contributed by atoms with Crippen molar-refractivity contribution in [2.24, 2.45) is 0 Å². The van der Waals surface area contributed by atoms with Gasteiger partial charge in [0.05, 0.1) is 16.7 Å². The molecule has 1 aromatic carbocycles. The van der Waals surface area contributed by atoms with E-state index >= 15 is 0 Å². The molecule has 142 valence electrons. The minimum atomic E-state index is -0.143. The van der Waals surface area contributed by atoms with Crippen molar-refractivity contribution in [3.63, 3.8) is 0 Å². The van der Waals surface area contributed by atoms with Crippen LogP contribution in [0.25, 0.3) is 21.5 Å². The third kappa shape index (κ3) is 3.73. The molecule has 3 aromatic rings. The lowest BCUT2D eigenvalue weighted by Gasteiger charge is -2.13. The summed E-state index contributed by atoms with van der Waals surface area (Å²) in [6.45, 7) is 4.92. The molecule has 2 N–H and O–H groups in total. The van der Waals surface area contributed by atoms with Crippen LogP contribution in [0.1, 0.15) is 25.3 Å². The molecule has 27 heavy (non-hydrogen) atoms. The van der Waals surface area contributed by atoms with Crippen molar-refractivity contribution in [1.29, 1.82) is 0 Å². The largest absolute Gasteiger partial charge is 0.376 e. The van der Waals surface area contributed by atoms with Gasteiger partial charge in [-0.15, -0.1) is 11.3 Å². The van der Waals surface area contributed by atoms with Gasteiger partial charge in [0.1, 0.15) is 0 Å². The van der Waals surface area contributed by atoms with Crippen LogP contribution in [0.2, 0.25) is 0 Å². The average Bonchev–Trinajstić information content (AvgIpc) is 3.44. The lowest BCUT2D eigenvalue weighted by molar-refractivity contribution is 0.111. The average molecular weight is 384 g/mol. The van der Waals surface area contributed by atoms with E-state index in [9.17, 15) is 4.79 Å². The number of fused-ring (bicyclic) bond motifs is 1. The van der Waals surface area contributed by atoms with Gasteiger partial charge in [0, 0.05) is 42.7 Å². The fourth-order valence-corrected chi connectivity index (χ4v) is 4.63. The Morgan fingerprint density at radius 3 is 2.89 bits per heavy atom. The van der Waals surface area contributed by atoms with Crippen LogP contribution in [0.15, 0.2) is 41.8 Å². The topological polar surface area (TPSA) is 55.3 Å². The number of amides is 2. The summed E-state index contributed by atoms with van der Waals surface area (Å²) >= 11 is 1.73. The van der Waals surface area contributed by atoms with E-state index in [1.54, 1.807) is 11.3 Å². The number of urea groups is 1. The Balaban J connectivity index is 1.57. The van der Waals surface area contributed by atoms with Crippen LogP contribution in [0.4, 0.5) is 4.79 Å². The maximum absolute atomic E-state index is 12.3. The minimum absolute atomic E-state index is 0.143. The first-order chi connectivity index (χ1) is 13.3. The van der Waals surface area contributed by atoms with Gasteiger partial charge < -0.3 is 19.9 Å². The number of nitrogens with zero attached hydrogens (tertiary/aromatic N) is 1. The summed E-state index contributed by atoms with van der Waals surface area (Å²) in [6.07, 6.45) is 2.25. The van der Waals surface area contributed by atoms with Gasteiger partial charge in [-0.25, -0.2) is 4.79 Å². The van der Waals surface area contributed by atoms with Crippen molar-refractivity contribution in [2.45, 2.75) is 39.0 Å². The number of thiophene rings is 1. The summed E-state index contributed by atoms with van der Waals surface area (Å²) in [6, 6.07) is 12.5. The Morgan fingerprint density at radius 2 is 2.15 bits per heavy atom. The first-order valence-electron chi connectivity index (χ1n) is 9.55. The second-order valence-electron chi connectivity index (χ2n) is 6.76. The number of benzene rings is 1. The zero-order valence-corrected chi connectivity index (χ0v) is 16.3. The fourth-order valence-electron chi connectivity index (χ4n) is 3.82. The SMILES string of the molecule is CCn1c(-c2cccs2)c(CNC(=O)NC[C@H]2CCCO2)c2ccccc21. The van der Waals surface area contributed by atoms with E-state index in [1.807, 2.05) is 0 Å². The molecule has 1 aliphatic rings. The fraction of sp³-hybridized carbons (Fsp3) is 0.381. The van der Waals surface area contributed by atoms with Gasteiger partial charge in [0.25, 0.3) is 0 Å². The predicted octanol–water partition coefficient (Wildman–Crippen LogP) is 4.37.